The SMILES string of the molecule is O=C(Nc1ccc(Oc2ccc(F)cc2)nc1)C(c1ccccc1)N1CCCC1. The quantitative estimate of drug-likeness (QED) is 0.657. The average Bonchev–Trinajstić information content (AvgIpc) is 3.26. The lowest BCUT2D eigenvalue weighted by Crippen LogP contribution is -2.35. The van der Waals surface area contributed by atoms with Crippen LogP contribution in [0.25, 0.3) is 0 Å². The molecule has 2 aromatic carbocycles. The molecule has 29 heavy (non-hydrogen) atoms. The van der Waals surface area contributed by atoms with Crippen molar-refractivity contribution in [2.45, 2.75) is 18.9 Å². The summed E-state index contributed by atoms with van der Waals surface area (Å²) in [6.07, 6.45) is 3.77. The highest BCUT2D eigenvalue weighted by atomic mass is 19.1. The molecule has 0 spiro atoms. The van der Waals surface area contributed by atoms with Crippen LogP contribution < -0.4 is 10.1 Å². The van der Waals surface area contributed by atoms with Crippen LogP contribution in [-0.2, 0) is 4.79 Å². The van der Waals surface area contributed by atoms with E-state index in [9.17, 15) is 9.18 Å². The third kappa shape index (κ3) is 4.78. The number of ether oxygens (including phenoxy) is 1. The van der Waals surface area contributed by atoms with Gasteiger partial charge in [0.05, 0.1) is 11.9 Å². The van der Waals surface area contributed by atoms with Gasteiger partial charge >= 0.3 is 0 Å². The summed E-state index contributed by atoms with van der Waals surface area (Å²) in [6, 6.07) is 18.6. The van der Waals surface area contributed by atoms with Gasteiger partial charge in [0.25, 0.3) is 0 Å². The van der Waals surface area contributed by atoms with Crippen LogP contribution in [-0.4, -0.2) is 28.9 Å². The Balaban J connectivity index is 1.45. The molecule has 1 amide bonds. The molecule has 2 heterocycles. The Labute approximate surface area is 169 Å². The van der Waals surface area contributed by atoms with Gasteiger partial charge in [-0.1, -0.05) is 30.3 Å². The van der Waals surface area contributed by atoms with E-state index in [0.29, 0.717) is 17.3 Å². The second-order valence-electron chi connectivity index (χ2n) is 6.99. The fourth-order valence-corrected chi connectivity index (χ4v) is 3.51. The molecule has 1 N–H and O–H groups in total. The summed E-state index contributed by atoms with van der Waals surface area (Å²) in [5.41, 5.74) is 1.58. The minimum absolute atomic E-state index is 0.0768. The van der Waals surface area contributed by atoms with Crippen LogP contribution in [0, 0.1) is 5.82 Å². The smallest absolute Gasteiger partial charge is 0.246 e. The number of nitrogens with zero attached hydrogens (tertiary/aromatic N) is 2. The van der Waals surface area contributed by atoms with Crippen molar-refractivity contribution in [3.63, 3.8) is 0 Å². The van der Waals surface area contributed by atoms with Crippen molar-refractivity contribution in [1.29, 1.82) is 0 Å². The molecule has 5 nitrogen and oxygen atoms in total. The van der Waals surface area contributed by atoms with Crippen LogP contribution in [0.1, 0.15) is 24.4 Å². The van der Waals surface area contributed by atoms with Gasteiger partial charge in [-0.25, -0.2) is 9.37 Å². The number of amides is 1. The summed E-state index contributed by atoms with van der Waals surface area (Å²) in [5, 5.41) is 2.97. The number of aromatic nitrogens is 1. The number of carbonyl (C=O) groups is 1. The predicted molar refractivity (Wildman–Crippen MR) is 109 cm³/mol. The number of rotatable bonds is 6. The van der Waals surface area contributed by atoms with E-state index >= 15 is 0 Å². The van der Waals surface area contributed by atoms with Crippen molar-refractivity contribution in [3.8, 4) is 11.6 Å². The molecule has 0 saturated carbocycles. The fraction of sp³-hybridized carbons (Fsp3) is 0.217. The van der Waals surface area contributed by atoms with Gasteiger partial charge < -0.3 is 10.1 Å². The Bertz CT molecular complexity index is 940. The lowest BCUT2D eigenvalue weighted by atomic mass is 10.0. The molecule has 0 radical (unpaired) electrons. The highest BCUT2D eigenvalue weighted by Gasteiger charge is 2.29. The molecule has 0 aliphatic carbocycles. The van der Waals surface area contributed by atoms with Gasteiger partial charge in [-0.2, -0.15) is 0 Å². The fourth-order valence-electron chi connectivity index (χ4n) is 3.51. The van der Waals surface area contributed by atoms with Crippen molar-refractivity contribution in [2.24, 2.45) is 0 Å². The molecule has 1 saturated heterocycles. The third-order valence-electron chi connectivity index (χ3n) is 4.91. The molecule has 1 aliphatic heterocycles. The van der Waals surface area contributed by atoms with E-state index in [1.807, 2.05) is 30.3 Å². The van der Waals surface area contributed by atoms with Crippen LogP contribution in [0.5, 0.6) is 11.6 Å². The topological polar surface area (TPSA) is 54.5 Å². The summed E-state index contributed by atoms with van der Waals surface area (Å²) < 4.78 is 18.6. The van der Waals surface area contributed by atoms with E-state index in [1.54, 1.807) is 18.3 Å². The lowest BCUT2D eigenvalue weighted by Gasteiger charge is -2.26. The van der Waals surface area contributed by atoms with Gasteiger partial charge in [-0.3, -0.25) is 9.69 Å². The number of anilines is 1. The number of pyridine rings is 1. The largest absolute Gasteiger partial charge is 0.439 e. The highest BCUT2D eigenvalue weighted by molar-refractivity contribution is 5.95. The van der Waals surface area contributed by atoms with Crippen molar-refractivity contribution in [2.75, 3.05) is 18.4 Å². The van der Waals surface area contributed by atoms with Crippen LogP contribution in [0.2, 0.25) is 0 Å². The first-order valence-electron chi connectivity index (χ1n) is 9.68. The molecule has 4 rings (SSSR count). The van der Waals surface area contributed by atoms with Crippen molar-refractivity contribution < 1.29 is 13.9 Å². The highest BCUT2D eigenvalue weighted by Crippen LogP contribution is 2.27. The third-order valence-corrected chi connectivity index (χ3v) is 4.91. The number of hydrogen-bond acceptors (Lipinski definition) is 4. The Hall–Kier alpha value is -3.25. The monoisotopic (exact) mass is 391 g/mol. The molecule has 6 heteroatoms. The molecule has 1 aromatic heterocycles. The van der Waals surface area contributed by atoms with Gasteiger partial charge in [0.1, 0.15) is 17.6 Å². The lowest BCUT2D eigenvalue weighted by molar-refractivity contribution is -0.121. The Morgan fingerprint density at radius 2 is 1.72 bits per heavy atom. The second kappa shape index (κ2) is 8.84. The molecule has 3 aromatic rings. The van der Waals surface area contributed by atoms with Gasteiger partial charge in [0.2, 0.25) is 11.8 Å². The van der Waals surface area contributed by atoms with E-state index in [0.717, 1.165) is 31.5 Å². The van der Waals surface area contributed by atoms with Gasteiger partial charge in [0, 0.05) is 6.07 Å². The maximum atomic E-state index is 13.1. The van der Waals surface area contributed by atoms with Crippen LogP contribution in [0.4, 0.5) is 10.1 Å². The van der Waals surface area contributed by atoms with Crippen LogP contribution in [0.3, 0.4) is 0 Å². The molecule has 1 aliphatic rings. The number of halogens is 1. The number of carbonyl (C=O) groups excluding carboxylic acids is 1. The van der Waals surface area contributed by atoms with E-state index < -0.39 is 0 Å². The molecule has 1 atom stereocenters. The van der Waals surface area contributed by atoms with Crippen LogP contribution in [0.15, 0.2) is 72.9 Å². The van der Waals surface area contributed by atoms with E-state index in [1.165, 1.54) is 24.3 Å². The van der Waals surface area contributed by atoms with Crippen molar-refractivity contribution in [1.82, 2.24) is 9.88 Å². The van der Waals surface area contributed by atoms with Gasteiger partial charge in [-0.15, -0.1) is 0 Å². The molecule has 148 valence electrons. The number of hydrogen-bond donors (Lipinski definition) is 1. The van der Waals surface area contributed by atoms with Crippen molar-refractivity contribution in [3.05, 3.63) is 84.3 Å². The van der Waals surface area contributed by atoms with E-state index in [-0.39, 0.29) is 17.8 Å². The number of nitrogens with one attached hydrogen (secondary N) is 1. The maximum Gasteiger partial charge on any atom is 0.246 e. The molecular formula is C23H22FN3O2. The summed E-state index contributed by atoms with van der Waals surface area (Å²) in [7, 11) is 0. The molecule has 1 unspecified atom stereocenters. The first kappa shape index (κ1) is 19.1. The normalized spacial score (nSPS) is 15.1. The Morgan fingerprint density at radius 1 is 1.00 bits per heavy atom. The minimum atomic E-state index is -0.325. The molecular weight excluding hydrogens is 369 g/mol. The maximum absolute atomic E-state index is 13.1. The average molecular weight is 391 g/mol. The first-order valence-corrected chi connectivity index (χ1v) is 9.68. The summed E-state index contributed by atoms with van der Waals surface area (Å²) in [4.78, 5) is 19.5. The summed E-state index contributed by atoms with van der Waals surface area (Å²) in [5.74, 6) is 0.462. The first-order chi connectivity index (χ1) is 14.2. The van der Waals surface area contributed by atoms with Gasteiger partial charge in [-0.05, 0) is 61.8 Å². The minimum Gasteiger partial charge on any atom is -0.439 e. The van der Waals surface area contributed by atoms with E-state index in [4.69, 9.17) is 4.74 Å². The number of likely N-dealkylation sites (tertiary alicyclic amines) is 1. The van der Waals surface area contributed by atoms with Crippen molar-refractivity contribution >= 4 is 11.6 Å². The Morgan fingerprint density at radius 3 is 2.38 bits per heavy atom. The number of benzene rings is 2. The second-order valence-corrected chi connectivity index (χ2v) is 6.99. The predicted octanol–water partition coefficient (Wildman–Crippen LogP) is 4.79. The summed E-state index contributed by atoms with van der Waals surface area (Å²) >= 11 is 0. The Kier molecular flexibility index (Phi) is 5.81. The standard InChI is InChI=1S/C23H22FN3O2/c24-18-8-11-20(12-9-18)29-21-13-10-19(16-25-21)26-23(28)22(27-14-4-5-15-27)17-6-2-1-3-7-17/h1-3,6-13,16,22H,4-5,14-15H2,(H,26,28). The van der Waals surface area contributed by atoms with E-state index in [2.05, 4.69) is 15.2 Å². The van der Waals surface area contributed by atoms with Crippen LogP contribution >= 0.6 is 0 Å². The zero-order valence-electron chi connectivity index (χ0n) is 15.9. The van der Waals surface area contributed by atoms with Gasteiger partial charge in [0.15, 0.2) is 0 Å². The summed E-state index contributed by atoms with van der Waals surface area (Å²) in [6.45, 7) is 1.82. The zero-order chi connectivity index (χ0) is 20.1. The molecule has 1 fully saturated rings. The zero-order valence-corrected chi connectivity index (χ0v) is 15.9. The molecule has 0 bridgehead atoms.